The average molecular weight is 727 g/mol. The molecule has 8 nitrogen and oxygen atoms in total. The molecule has 1 aliphatic rings. The number of benzene rings is 3. The number of aromatic nitrogens is 3. The molecule has 2 atom stereocenters. The molecular formula is C44H46N4O4S. The molecule has 2 heterocycles. The lowest BCUT2D eigenvalue weighted by Gasteiger charge is -2.32. The summed E-state index contributed by atoms with van der Waals surface area (Å²) in [6.07, 6.45) is 12.6. The van der Waals surface area contributed by atoms with Gasteiger partial charge in [-0.3, -0.25) is 9.78 Å². The summed E-state index contributed by atoms with van der Waals surface area (Å²) < 4.78 is 7.61. The van der Waals surface area contributed by atoms with Gasteiger partial charge in [-0.15, -0.1) is 0 Å². The molecule has 272 valence electrons. The Morgan fingerprint density at radius 1 is 1.08 bits per heavy atom. The van der Waals surface area contributed by atoms with Crippen molar-refractivity contribution in [3.05, 3.63) is 131 Å². The van der Waals surface area contributed by atoms with E-state index in [1.807, 2.05) is 85.8 Å². The average Bonchev–Trinajstić information content (AvgIpc) is 3.52. The molecule has 3 aromatic carbocycles. The number of phenols is 1. The number of allylic oxidation sites excluding steroid dienone is 3. The standard InChI is InChI=1S/C44H46N4O4S/c1-6-7-8-13-30-25-39(49)42(36-24-29(4)17-20-33(36)28(2)3)40(26-30)52-44(51)48-38-27-32(53-41-16-10-9-15-35(41)43(50)45-5)19-21-34(38)37(47-48)22-18-31-14-11-12-23-46-31/h9-12,14-16,18-19,21-27,33,36,49H,2,6-8,13,17,20H2,1,3-5H3,(H,45,50)/b22-18+. The third-order valence-corrected chi connectivity index (χ3v) is 10.8. The van der Waals surface area contributed by atoms with E-state index in [9.17, 15) is 14.7 Å². The minimum atomic E-state index is -0.699. The number of fused-ring (bicyclic) bond motifs is 1. The normalized spacial score (nSPS) is 15.7. The van der Waals surface area contributed by atoms with E-state index in [2.05, 4.69) is 36.8 Å². The molecular weight excluding hydrogens is 681 g/mol. The number of carbonyl (C=O) groups excluding carboxylic acids is 2. The Kier molecular flexibility index (Phi) is 11.9. The van der Waals surface area contributed by atoms with Crippen LogP contribution < -0.4 is 10.1 Å². The number of nitrogens with zero attached hydrogens (tertiary/aromatic N) is 3. The Morgan fingerprint density at radius 3 is 2.64 bits per heavy atom. The predicted molar refractivity (Wildman–Crippen MR) is 214 cm³/mol. The van der Waals surface area contributed by atoms with Crippen LogP contribution in [0.5, 0.6) is 11.5 Å². The highest BCUT2D eigenvalue weighted by atomic mass is 32.2. The summed E-state index contributed by atoms with van der Waals surface area (Å²) in [5.74, 6) is 0.129. The summed E-state index contributed by atoms with van der Waals surface area (Å²) in [4.78, 5) is 33.1. The van der Waals surface area contributed by atoms with Crippen molar-refractivity contribution < 1.29 is 19.4 Å². The summed E-state index contributed by atoms with van der Waals surface area (Å²) in [5.41, 5.74) is 6.14. The van der Waals surface area contributed by atoms with E-state index in [0.717, 1.165) is 70.5 Å². The van der Waals surface area contributed by atoms with Crippen LogP contribution in [-0.4, -0.2) is 38.9 Å². The first kappa shape index (κ1) is 37.4. The van der Waals surface area contributed by atoms with Crippen LogP contribution in [0.2, 0.25) is 0 Å². The second-order valence-corrected chi connectivity index (χ2v) is 14.7. The highest BCUT2D eigenvalue weighted by Gasteiger charge is 2.32. The molecule has 0 spiro atoms. The summed E-state index contributed by atoms with van der Waals surface area (Å²) in [6.45, 7) is 10.6. The van der Waals surface area contributed by atoms with Gasteiger partial charge in [0.1, 0.15) is 11.5 Å². The van der Waals surface area contributed by atoms with E-state index in [1.165, 1.54) is 22.0 Å². The number of carbonyl (C=O) groups is 2. The maximum Gasteiger partial charge on any atom is 0.440 e. The van der Waals surface area contributed by atoms with Crippen molar-refractivity contribution in [3.8, 4) is 11.5 Å². The Labute approximate surface area is 315 Å². The van der Waals surface area contributed by atoms with Gasteiger partial charge in [-0.05, 0) is 118 Å². The van der Waals surface area contributed by atoms with Crippen molar-refractivity contribution in [2.45, 2.75) is 75.0 Å². The molecule has 53 heavy (non-hydrogen) atoms. The van der Waals surface area contributed by atoms with Crippen LogP contribution >= 0.6 is 11.8 Å². The molecule has 0 radical (unpaired) electrons. The molecule has 6 rings (SSSR count). The first-order chi connectivity index (χ1) is 25.7. The minimum absolute atomic E-state index is 0.0825. The fourth-order valence-corrected chi connectivity index (χ4v) is 7.92. The fourth-order valence-electron chi connectivity index (χ4n) is 6.94. The molecule has 2 N–H and O–H groups in total. The van der Waals surface area contributed by atoms with Gasteiger partial charge in [-0.2, -0.15) is 9.78 Å². The zero-order valence-corrected chi connectivity index (χ0v) is 31.6. The van der Waals surface area contributed by atoms with Gasteiger partial charge in [0.05, 0.1) is 22.5 Å². The van der Waals surface area contributed by atoms with Crippen molar-refractivity contribution in [3.63, 3.8) is 0 Å². The molecule has 2 unspecified atom stereocenters. The number of unbranched alkanes of at least 4 members (excludes halogenated alkanes) is 2. The van der Waals surface area contributed by atoms with Gasteiger partial charge in [-0.25, -0.2) is 4.79 Å². The Hall–Kier alpha value is -5.41. The number of rotatable bonds is 12. The molecule has 0 saturated carbocycles. The third kappa shape index (κ3) is 8.63. The number of amides is 1. The zero-order chi connectivity index (χ0) is 37.5. The lowest BCUT2D eigenvalue weighted by atomic mass is 9.73. The number of pyridine rings is 1. The highest BCUT2D eigenvalue weighted by Crippen LogP contribution is 2.47. The number of hydrogen-bond donors (Lipinski definition) is 2. The second kappa shape index (κ2) is 16.9. The van der Waals surface area contributed by atoms with Crippen molar-refractivity contribution in [1.29, 1.82) is 0 Å². The van der Waals surface area contributed by atoms with Crippen LogP contribution in [0.25, 0.3) is 23.1 Å². The number of aromatic hydroxyl groups is 1. The molecule has 2 aromatic heterocycles. The number of aryl methyl sites for hydroxylation is 1. The lowest BCUT2D eigenvalue weighted by molar-refractivity contribution is 0.0960. The van der Waals surface area contributed by atoms with Gasteiger partial charge in [0.25, 0.3) is 5.91 Å². The topological polar surface area (TPSA) is 106 Å². The lowest BCUT2D eigenvalue weighted by Crippen LogP contribution is -2.22. The van der Waals surface area contributed by atoms with Gasteiger partial charge >= 0.3 is 6.09 Å². The van der Waals surface area contributed by atoms with E-state index in [1.54, 1.807) is 19.3 Å². The molecule has 9 heteroatoms. The molecule has 0 fully saturated rings. The predicted octanol–water partition coefficient (Wildman–Crippen LogP) is 10.6. The monoisotopic (exact) mass is 726 g/mol. The molecule has 0 aliphatic heterocycles. The maximum atomic E-state index is 14.4. The maximum absolute atomic E-state index is 14.4. The van der Waals surface area contributed by atoms with Crippen LogP contribution in [-0.2, 0) is 6.42 Å². The number of phenolic OH excluding ortho intramolecular Hbond substituents is 1. The smallest absolute Gasteiger partial charge is 0.440 e. The summed E-state index contributed by atoms with van der Waals surface area (Å²) in [7, 11) is 1.61. The first-order valence-electron chi connectivity index (χ1n) is 18.2. The van der Waals surface area contributed by atoms with Crippen LogP contribution in [0.15, 0.2) is 113 Å². The fraction of sp³-hybridized carbons (Fsp3) is 0.273. The summed E-state index contributed by atoms with van der Waals surface area (Å²) >= 11 is 1.42. The van der Waals surface area contributed by atoms with Crippen LogP contribution in [0, 0.1) is 5.92 Å². The van der Waals surface area contributed by atoms with Crippen LogP contribution in [0.4, 0.5) is 4.79 Å². The second-order valence-electron chi connectivity index (χ2n) is 13.6. The molecule has 1 aliphatic carbocycles. The quantitative estimate of drug-likeness (QED) is 0.0973. The van der Waals surface area contributed by atoms with E-state index >= 15 is 0 Å². The first-order valence-corrected chi connectivity index (χ1v) is 19.0. The van der Waals surface area contributed by atoms with Gasteiger partial charge < -0.3 is 15.2 Å². The Morgan fingerprint density at radius 2 is 1.89 bits per heavy atom. The molecule has 0 bridgehead atoms. The van der Waals surface area contributed by atoms with E-state index in [-0.39, 0.29) is 23.5 Å². The van der Waals surface area contributed by atoms with Crippen molar-refractivity contribution >= 4 is 46.8 Å². The van der Waals surface area contributed by atoms with Crippen molar-refractivity contribution in [2.75, 3.05) is 7.05 Å². The van der Waals surface area contributed by atoms with Gasteiger partial charge in [0.15, 0.2) is 0 Å². The largest absolute Gasteiger partial charge is 0.507 e. The van der Waals surface area contributed by atoms with Gasteiger partial charge in [0.2, 0.25) is 0 Å². The van der Waals surface area contributed by atoms with E-state index in [0.29, 0.717) is 28.1 Å². The van der Waals surface area contributed by atoms with Gasteiger partial charge in [-0.1, -0.05) is 73.5 Å². The third-order valence-electron chi connectivity index (χ3n) is 9.70. The highest BCUT2D eigenvalue weighted by molar-refractivity contribution is 7.99. The SMILES string of the molecule is C=C(C)C1CCC(C)=CC1c1c(O)cc(CCCCC)cc1OC(=O)n1nc(/C=C/c2ccccn2)c2ccc(Sc3ccccc3C(=O)NC)cc21. The number of nitrogens with one attached hydrogen (secondary N) is 1. The van der Waals surface area contributed by atoms with Crippen molar-refractivity contribution in [1.82, 2.24) is 20.1 Å². The molecule has 5 aromatic rings. The summed E-state index contributed by atoms with van der Waals surface area (Å²) in [5, 5.41) is 19.9. The number of ether oxygens (including phenoxy) is 1. The van der Waals surface area contributed by atoms with Crippen LogP contribution in [0.1, 0.15) is 91.7 Å². The summed E-state index contributed by atoms with van der Waals surface area (Å²) in [6, 6.07) is 22.5. The Bertz CT molecular complexity index is 2200. The van der Waals surface area contributed by atoms with Gasteiger partial charge in [0, 0.05) is 39.9 Å². The van der Waals surface area contributed by atoms with Crippen LogP contribution in [0.3, 0.4) is 0 Å². The van der Waals surface area contributed by atoms with E-state index in [4.69, 9.17) is 9.84 Å². The molecule has 0 saturated heterocycles. The van der Waals surface area contributed by atoms with Crippen molar-refractivity contribution in [2.24, 2.45) is 5.92 Å². The zero-order valence-electron chi connectivity index (χ0n) is 30.8. The molecule has 1 amide bonds. The Balaban J connectivity index is 1.45. The minimum Gasteiger partial charge on any atom is -0.507 e. The number of hydrogen-bond acceptors (Lipinski definition) is 7. The van der Waals surface area contributed by atoms with E-state index < -0.39 is 6.09 Å².